The van der Waals surface area contributed by atoms with Crippen LogP contribution in [0, 0.1) is 12.3 Å². The van der Waals surface area contributed by atoms with Gasteiger partial charge in [-0.3, -0.25) is 0 Å². The number of hydrogen-bond acceptors (Lipinski definition) is 3. The highest BCUT2D eigenvalue weighted by atomic mass is 16.5. The summed E-state index contributed by atoms with van der Waals surface area (Å²) in [5, 5.41) is 3.50. The summed E-state index contributed by atoms with van der Waals surface area (Å²) in [6.07, 6.45) is 6.90. The van der Waals surface area contributed by atoms with E-state index in [1.54, 1.807) is 0 Å². The third-order valence-corrected chi connectivity index (χ3v) is 3.49. The summed E-state index contributed by atoms with van der Waals surface area (Å²) < 4.78 is 6.08. The van der Waals surface area contributed by atoms with Crippen molar-refractivity contribution in [2.75, 3.05) is 13.1 Å². The summed E-state index contributed by atoms with van der Waals surface area (Å²) in [7, 11) is 0. The van der Waals surface area contributed by atoms with E-state index in [-0.39, 0.29) is 16.7 Å². The van der Waals surface area contributed by atoms with Crippen LogP contribution in [-0.4, -0.2) is 29.8 Å². The van der Waals surface area contributed by atoms with E-state index in [2.05, 4.69) is 38.9 Å². The lowest BCUT2D eigenvalue weighted by atomic mass is 9.79. The lowest BCUT2D eigenvalue weighted by Gasteiger charge is -2.39. The predicted molar refractivity (Wildman–Crippen MR) is 67.1 cm³/mol. The minimum atomic E-state index is -0.264. The molecule has 3 heteroatoms. The maximum atomic E-state index is 6.08. The third kappa shape index (κ3) is 2.40. The van der Waals surface area contributed by atoms with Gasteiger partial charge in [-0.1, -0.05) is 0 Å². The molecule has 16 heavy (non-hydrogen) atoms. The van der Waals surface area contributed by atoms with Gasteiger partial charge in [-0.2, -0.15) is 0 Å². The van der Waals surface area contributed by atoms with Crippen molar-refractivity contribution in [3.05, 3.63) is 0 Å². The van der Waals surface area contributed by atoms with Crippen molar-refractivity contribution in [3.8, 4) is 12.3 Å². The molecule has 0 aromatic heterocycles. The lowest BCUT2D eigenvalue weighted by molar-refractivity contribution is -0.0819. The molecule has 0 spiro atoms. The summed E-state index contributed by atoms with van der Waals surface area (Å²) in [6, 6.07) is 0. The van der Waals surface area contributed by atoms with Gasteiger partial charge in [-0.25, -0.2) is 0 Å². The van der Waals surface area contributed by atoms with Crippen LogP contribution < -0.4 is 11.1 Å². The van der Waals surface area contributed by atoms with Gasteiger partial charge in [0.15, 0.2) is 0 Å². The highest BCUT2D eigenvalue weighted by Crippen LogP contribution is 2.44. The van der Waals surface area contributed by atoms with Crippen LogP contribution in [0.2, 0.25) is 0 Å². The Morgan fingerprint density at radius 3 is 2.38 bits per heavy atom. The minimum absolute atomic E-state index is 0.133. The maximum absolute atomic E-state index is 6.08. The molecule has 0 aliphatic carbocycles. The molecule has 0 aromatic rings. The zero-order chi connectivity index (χ0) is 12.4. The van der Waals surface area contributed by atoms with Crippen molar-refractivity contribution in [1.82, 2.24) is 5.32 Å². The molecule has 3 N–H and O–H groups in total. The van der Waals surface area contributed by atoms with E-state index in [1.807, 2.05) is 0 Å². The smallest absolute Gasteiger partial charge is 0.0827 e. The summed E-state index contributed by atoms with van der Waals surface area (Å²) in [5.74, 6) is 2.64. The molecular weight excluding hydrogens is 200 g/mol. The first kappa shape index (κ1) is 13.5. The standard InChI is InChI=1S/C13H24N2O/c1-6-7-8-15-13(10-14)9-11(2,3)16-12(13,4)5/h1,15H,7-10,14H2,2-5H3. The van der Waals surface area contributed by atoms with Crippen LogP contribution in [-0.2, 0) is 4.74 Å². The highest BCUT2D eigenvalue weighted by Gasteiger charge is 2.55. The van der Waals surface area contributed by atoms with Gasteiger partial charge in [0, 0.05) is 19.5 Å². The number of nitrogens with one attached hydrogen (secondary N) is 1. The van der Waals surface area contributed by atoms with Crippen LogP contribution in [0.1, 0.15) is 40.5 Å². The van der Waals surface area contributed by atoms with Gasteiger partial charge in [0.2, 0.25) is 0 Å². The molecule has 3 nitrogen and oxygen atoms in total. The van der Waals surface area contributed by atoms with E-state index in [0.717, 1.165) is 19.4 Å². The Labute approximate surface area is 99.1 Å². The van der Waals surface area contributed by atoms with Crippen LogP contribution >= 0.6 is 0 Å². The number of rotatable bonds is 4. The average Bonchev–Trinajstić information content (AvgIpc) is 2.32. The van der Waals surface area contributed by atoms with Gasteiger partial charge in [0.25, 0.3) is 0 Å². The molecule has 1 rings (SSSR count). The van der Waals surface area contributed by atoms with E-state index in [9.17, 15) is 0 Å². The van der Waals surface area contributed by atoms with Gasteiger partial charge in [-0.05, 0) is 34.1 Å². The SMILES string of the molecule is C#CCCNC1(CN)CC(C)(C)OC1(C)C. The van der Waals surface area contributed by atoms with Gasteiger partial charge in [0.1, 0.15) is 0 Å². The second-order valence-electron chi connectivity index (χ2n) is 5.72. The molecule has 0 bridgehead atoms. The Hall–Kier alpha value is -0.560. The number of ether oxygens (including phenoxy) is 1. The van der Waals surface area contributed by atoms with E-state index in [1.165, 1.54) is 0 Å². The average molecular weight is 224 g/mol. The van der Waals surface area contributed by atoms with Crippen LogP contribution in [0.4, 0.5) is 0 Å². The van der Waals surface area contributed by atoms with Gasteiger partial charge >= 0.3 is 0 Å². The Morgan fingerprint density at radius 1 is 1.38 bits per heavy atom. The Morgan fingerprint density at radius 2 is 2.00 bits per heavy atom. The Bertz CT molecular complexity index is 291. The predicted octanol–water partition coefficient (Wildman–Crippen LogP) is 1.27. The number of terminal acetylenes is 1. The first-order chi connectivity index (χ1) is 7.29. The summed E-state index contributed by atoms with van der Waals surface area (Å²) in [6.45, 7) is 9.75. The zero-order valence-electron chi connectivity index (χ0n) is 10.9. The number of hydrogen-bond donors (Lipinski definition) is 2. The van der Waals surface area contributed by atoms with E-state index >= 15 is 0 Å². The van der Waals surface area contributed by atoms with Gasteiger partial charge in [-0.15, -0.1) is 12.3 Å². The van der Waals surface area contributed by atoms with Gasteiger partial charge in [0.05, 0.1) is 16.7 Å². The quantitative estimate of drug-likeness (QED) is 0.558. The summed E-state index contributed by atoms with van der Waals surface area (Å²) in [5.41, 5.74) is 5.38. The van der Waals surface area contributed by atoms with Gasteiger partial charge < -0.3 is 15.8 Å². The molecule has 0 aromatic carbocycles. The molecule has 1 saturated heterocycles. The molecule has 92 valence electrons. The first-order valence-electron chi connectivity index (χ1n) is 5.87. The monoisotopic (exact) mass is 224 g/mol. The summed E-state index contributed by atoms with van der Waals surface area (Å²) >= 11 is 0. The fourth-order valence-corrected chi connectivity index (χ4v) is 2.80. The lowest BCUT2D eigenvalue weighted by Crippen LogP contribution is -2.61. The Kier molecular flexibility index (Phi) is 3.69. The normalized spacial score (nSPS) is 31.2. The number of nitrogens with two attached hydrogens (primary N) is 1. The highest BCUT2D eigenvalue weighted by molar-refractivity contribution is 5.12. The largest absolute Gasteiger partial charge is 0.368 e. The van der Waals surface area contributed by atoms with Crippen molar-refractivity contribution in [1.29, 1.82) is 0 Å². The van der Waals surface area contributed by atoms with E-state index in [4.69, 9.17) is 16.9 Å². The zero-order valence-corrected chi connectivity index (χ0v) is 10.9. The molecule has 1 unspecified atom stereocenters. The molecule has 1 atom stereocenters. The molecule has 0 amide bonds. The van der Waals surface area contributed by atoms with Crippen LogP contribution in [0.15, 0.2) is 0 Å². The molecule has 1 aliphatic rings. The summed E-state index contributed by atoms with van der Waals surface area (Å²) in [4.78, 5) is 0. The Balaban J connectivity index is 2.82. The van der Waals surface area contributed by atoms with Crippen LogP contribution in [0.5, 0.6) is 0 Å². The fraction of sp³-hybridized carbons (Fsp3) is 0.846. The van der Waals surface area contributed by atoms with Crippen LogP contribution in [0.3, 0.4) is 0 Å². The molecular formula is C13H24N2O. The maximum Gasteiger partial charge on any atom is 0.0827 e. The van der Waals surface area contributed by atoms with E-state index in [0.29, 0.717) is 6.54 Å². The molecule has 1 heterocycles. The third-order valence-electron chi connectivity index (χ3n) is 3.49. The fourth-order valence-electron chi connectivity index (χ4n) is 2.80. The van der Waals surface area contributed by atoms with E-state index < -0.39 is 0 Å². The molecule has 0 saturated carbocycles. The topological polar surface area (TPSA) is 47.3 Å². The van der Waals surface area contributed by atoms with Crippen molar-refractivity contribution in [2.45, 2.75) is 57.3 Å². The van der Waals surface area contributed by atoms with Crippen LogP contribution in [0.25, 0.3) is 0 Å². The van der Waals surface area contributed by atoms with Crippen molar-refractivity contribution >= 4 is 0 Å². The van der Waals surface area contributed by atoms with Crippen molar-refractivity contribution in [3.63, 3.8) is 0 Å². The second kappa shape index (κ2) is 4.37. The first-order valence-corrected chi connectivity index (χ1v) is 5.87. The van der Waals surface area contributed by atoms with Crippen molar-refractivity contribution < 1.29 is 4.74 Å². The molecule has 0 radical (unpaired) electrons. The van der Waals surface area contributed by atoms with Crippen molar-refractivity contribution in [2.24, 2.45) is 5.73 Å². The minimum Gasteiger partial charge on any atom is -0.368 e. The molecule has 1 aliphatic heterocycles. The molecule has 1 fully saturated rings. The second-order valence-corrected chi connectivity index (χ2v) is 5.72.